The van der Waals surface area contributed by atoms with Gasteiger partial charge in [0, 0.05) is 17.7 Å². The van der Waals surface area contributed by atoms with Crippen LogP contribution in [0.4, 0.5) is 0 Å². The number of hydrogen-bond acceptors (Lipinski definition) is 3. The topological polar surface area (TPSA) is 46.2 Å². The molecule has 0 unspecified atom stereocenters. The molecule has 1 aromatic carbocycles. The number of thiophene rings is 1. The van der Waals surface area contributed by atoms with Crippen LogP contribution in [0.25, 0.3) is 0 Å². The van der Waals surface area contributed by atoms with Crippen molar-refractivity contribution >= 4 is 23.0 Å². The van der Waals surface area contributed by atoms with E-state index in [2.05, 4.69) is 23.7 Å². The van der Waals surface area contributed by atoms with Gasteiger partial charge in [0.1, 0.15) is 0 Å². The number of ketones is 1. The first-order chi connectivity index (χ1) is 9.58. The largest absolute Gasteiger partial charge is 0.351 e. The first kappa shape index (κ1) is 14.5. The lowest BCUT2D eigenvalue weighted by atomic mass is 10.0. The fourth-order valence-corrected chi connectivity index (χ4v) is 2.66. The van der Waals surface area contributed by atoms with Crippen LogP contribution in [0, 0.1) is 0 Å². The van der Waals surface area contributed by atoms with E-state index in [4.69, 9.17) is 0 Å². The SMILES string of the molecule is CC(=O)c1ccc(C(=O)NC[C@@H](C)c2ccsc2)cc1. The second-order valence-electron chi connectivity index (χ2n) is 4.80. The van der Waals surface area contributed by atoms with Crippen LogP contribution in [0.15, 0.2) is 41.1 Å². The minimum absolute atomic E-state index is 0.00281. The molecule has 1 atom stereocenters. The minimum atomic E-state index is -0.109. The van der Waals surface area contributed by atoms with Gasteiger partial charge in [0.15, 0.2) is 5.78 Å². The lowest BCUT2D eigenvalue weighted by Gasteiger charge is -2.11. The molecule has 1 N–H and O–H groups in total. The molecule has 0 aliphatic heterocycles. The molecule has 1 aromatic heterocycles. The van der Waals surface area contributed by atoms with Gasteiger partial charge in [0.2, 0.25) is 0 Å². The summed E-state index contributed by atoms with van der Waals surface area (Å²) >= 11 is 1.66. The number of nitrogens with one attached hydrogen (secondary N) is 1. The van der Waals surface area contributed by atoms with E-state index in [1.54, 1.807) is 35.6 Å². The number of Topliss-reactive ketones (excluding diaryl/α,β-unsaturated/α-hetero) is 1. The van der Waals surface area contributed by atoms with Crippen LogP contribution in [0.5, 0.6) is 0 Å². The summed E-state index contributed by atoms with van der Waals surface area (Å²) in [5.41, 5.74) is 2.43. The molecule has 3 nitrogen and oxygen atoms in total. The Hall–Kier alpha value is -1.94. The molecule has 0 fully saturated rings. The van der Waals surface area contributed by atoms with Gasteiger partial charge in [-0.15, -0.1) is 0 Å². The van der Waals surface area contributed by atoms with Crippen LogP contribution in [0.1, 0.15) is 46.0 Å². The number of rotatable bonds is 5. The van der Waals surface area contributed by atoms with Crippen LogP contribution in [0.2, 0.25) is 0 Å². The standard InChI is InChI=1S/C16H17NO2S/c1-11(15-7-8-20-10-15)9-17-16(19)14-5-3-13(4-6-14)12(2)18/h3-8,10-11H,9H2,1-2H3,(H,17,19)/t11-/m1/s1. The molecule has 2 rings (SSSR count). The summed E-state index contributed by atoms with van der Waals surface area (Å²) in [7, 11) is 0. The average Bonchev–Trinajstić information content (AvgIpc) is 2.98. The van der Waals surface area contributed by atoms with Gasteiger partial charge in [-0.1, -0.05) is 19.1 Å². The molecule has 1 heterocycles. The normalized spacial score (nSPS) is 11.9. The van der Waals surface area contributed by atoms with Crippen molar-refractivity contribution in [3.05, 3.63) is 57.8 Å². The van der Waals surface area contributed by atoms with E-state index >= 15 is 0 Å². The third-order valence-electron chi connectivity index (χ3n) is 3.23. The highest BCUT2D eigenvalue weighted by molar-refractivity contribution is 7.07. The average molecular weight is 287 g/mol. The lowest BCUT2D eigenvalue weighted by molar-refractivity contribution is 0.0949. The van der Waals surface area contributed by atoms with E-state index in [-0.39, 0.29) is 11.7 Å². The Morgan fingerprint density at radius 2 is 1.80 bits per heavy atom. The quantitative estimate of drug-likeness (QED) is 0.856. The predicted octanol–water partition coefficient (Wildman–Crippen LogP) is 3.48. The number of carbonyl (C=O) groups is 2. The van der Waals surface area contributed by atoms with Crippen molar-refractivity contribution in [3.8, 4) is 0 Å². The van der Waals surface area contributed by atoms with Crippen molar-refractivity contribution in [2.45, 2.75) is 19.8 Å². The van der Waals surface area contributed by atoms with Gasteiger partial charge in [-0.05, 0) is 47.4 Å². The van der Waals surface area contributed by atoms with Gasteiger partial charge in [-0.25, -0.2) is 0 Å². The molecule has 0 saturated heterocycles. The van der Waals surface area contributed by atoms with Crippen molar-refractivity contribution < 1.29 is 9.59 Å². The van der Waals surface area contributed by atoms with Crippen molar-refractivity contribution in [1.82, 2.24) is 5.32 Å². The Balaban J connectivity index is 1.93. The maximum Gasteiger partial charge on any atom is 0.251 e. The van der Waals surface area contributed by atoms with Gasteiger partial charge in [-0.2, -0.15) is 11.3 Å². The van der Waals surface area contributed by atoms with Gasteiger partial charge in [-0.3, -0.25) is 9.59 Å². The zero-order valence-corrected chi connectivity index (χ0v) is 12.4. The number of carbonyl (C=O) groups excluding carboxylic acids is 2. The second kappa shape index (κ2) is 6.48. The van der Waals surface area contributed by atoms with Crippen molar-refractivity contribution in [3.63, 3.8) is 0 Å². The Labute approximate surface area is 122 Å². The predicted molar refractivity (Wildman–Crippen MR) is 81.5 cm³/mol. The van der Waals surface area contributed by atoms with Gasteiger partial charge in [0.05, 0.1) is 0 Å². The highest BCUT2D eigenvalue weighted by Crippen LogP contribution is 2.17. The highest BCUT2D eigenvalue weighted by Gasteiger charge is 2.10. The zero-order chi connectivity index (χ0) is 14.5. The summed E-state index contributed by atoms with van der Waals surface area (Å²) < 4.78 is 0. The van der Waals surface area contributed by atoms with Gasteiger partial charge in [0.25, 0.3) is 5.91 Å². The molecule has 0 aliphatic carbocycles. The first-order valence-electron chi connectivity index (χ1n) is 6.49. The molecule has 0 saturated carbocycles. The molecule has 20 heavy (non-hydrogen) atoms. The maximum atomic E-state index is 12.0. The molecule has 0 bridgehead atoms. The zero-order valence-electron chi connectivity index (χ0n) is 11.6. The molecule has 4 heteroatoms. The van der Waals surface area contributed by atoms with E-state index < -0.39 is 0 Å². The minimum Gasteiger partial charge on any atom is -0.351 e. The Kier molecular flexibility index (Phi) is 4.69. The van der Waals surface area contributed by atoms with Crippen LogP contribution < -0.4 is 5.32 Å². The summed E-state index contributed by atoms with van der Waals surface area (Å²) in [5.74, 6) is 0.187. The van der Waals surface area contributed by atoms with Crippen molar-refractivity contribution in [2.24, 2.45) is 0 Å². The Bertz CT molecular complexity index is 587. The third kappa shape index (κ3) is 3.54. The molecular weight excluding hydrogens is 270 g/mol. The molecule has 2 aromatic rings. The molecule has 1 amide bonds. The summed E-state index contributed by atoms with van der Waals surface area (Å²) in [6, 6.07) is 8.80. The monoisotopic (exact) mass is 287 g/mol. The Morgan fingerprint density at radius 3 is 2.35 bits per heavy atom. The lowest BCUT2D eigenvalue weighted by Crippen LogP contribution is -2.27. The molecular formula is C16H17NO2S. The summed E-state index contributed by atoms with van der Waals surface area (Å²) in [5, 5.41) is 7.05. The Morgan fingerprint density at radius 1 is 1.15 bits per heavy atom. The van der Waals surface area contributed by atoms with E-state index in [1.807, 2.05) is 5.38 Å². The first-order valence-corrected chi connectivity index (χ1v) is 7.43. The second-order valence-corrected chi connectivity index (χ2v) is 5.58. The highest BCUT2D eigenvalue weighted by atomic mass is 32.1. The number of hydrogen-bond donors (Lipinski definition) is 1. The van der Waals surface area contributed by atoms with E-state index in [1.165, 1.54) is 12.5 Å². The fraction of sp³-hybridized carbons (Fsp3) is 0.250. The van der Waals surface area contributed by atoms with E-state index in [9.17, 15) is 9.59 Å². The maximum absolute atomic E-state index is 12.0. The number of benzene rings is 1. The summed E-state index contributed by atoms with van der Waals surface area (Å²) in [4.78, 5) is 23.2. The number of amides is 1. The van der Waals surface area contributed by atoms with Crippen LogP contribution in [0.3, 0.4) is 0 Å². The smallest absolute Gasteiger partial charge is 0.251 e. The van der Waals surface area contributed by atoms with Gasteiger partial charge >= 0.3 is 0 Å². The molecule has 0 spiro atoms. The fourth-order valence-electron chi connectivity index (χ4n) is 1.88. The van der Waals surface area contributed by atoms with Crippen LogP contribution >= 0.6 is 11.3 Å². The van der Waals surface area contributed by atoms with E-state index in [0.29, 0.717) is 23.6 Å². The third-order valence-corrected chi connectivity index (χ3v) is 3.94. The van der Waals surface area contributed by atoms with Crippen LogP contribution in [-0.4, -0.2) is 18.2 Å². The van der Waals surface area contributed by atoms with E-state index in [0.717, 1.165) is 0 Å². The molecule has 0 radical (unpaired) electrons. The summed E-state index contributed by atoms with van der Waals surface area (Å²) in [6.45, 7) is 4.20. The van der Waals surface area contributed by atoms with Crippen LogP contribution in [-0.2, 0) is 0 Å². The van der Waals surface area contributed by atoms with Gasteiger partial charge < -0.3 is 5.32 Å². The van der Waals surface area contributed by atoms with Crippen molar-refractivity contribution in [1.29, 1.82) is 0 Å². The molecule has 104 valence electrons. The van der Waals surface area contributed by atoms with Crippen molar-refractivity contribution in [2.75, 3.05) is 6.54 Å². The molecule has 0 aliphatic rings. The summed E-state index contributed by atoms with van der Waals surface area (Å²) in [6.07, 6.45) is 0.